The highest BCUT2D eigenvalue weighted by Crippen LogP contribution is 2.20. The van der Waals surface area contributed by atoms with E-state index in [9.17, 15) is 18.0 Å². The van der Waals surface area contributed by atoms with Gasteiger partial charge in [0.05, 0.1) is 5.56 Å². The van der Waals surface area contributed by atoms with Gasteiger partial charge in [0.15, 0.2) is 11.6 Å². The molecule has 1 N–H and O–H groups in total. The van der Waals surface area contributed by atoms with Crippen LogP contribution in [0.5, 0.6) is 0 Å². The number of carbonyl (C=O) groups is 1. The van der Waals surface area contributed by atoms with Crippen molar-refractivity contribution < 1.29 is 18.0 Å². The number of piperidine rings is 1. The molecule has 1 fully saturated rings. The van der Waals surface area contributed by atoms with Crippen LogP contribution < -0.4 is 5.32 Å². The maximum atomic E-state index is 13.8. The largest absolute Gasteiger partial charge is 0.381 e. The third-order valence-electron chi connectivity index (χ3n) is 4.09. The summed E-state index contributed by atoms with van der Waals surface area (Å²) in [5.41, 5.74) is 0.505. The Morgan fingerprint density at radius 1 is 1.04 bits per heavy atom. The summed E-state index contributed by atoms with van der Waals surface area (Å²) < 4.78 is 40.2. The summed E-state index contributed by atoms with van der Waals surface area (Å²) in [6, 6.07) is 10.6. The van der Waals surface area contributed by atoms with Crippen molar-refractivity contribution in [3.05, 3.63) is 65.5 Å². The van der Waals surface area contributed by atoms with E-state index in [-0.39, 0.29) is 6.04 Å². The zero-order chi connectivity index (χ0) is 17.1. The van der Waals surface area contributed by atoms with Crippen molar-refractivity contribution in [2.24, 2.45) is 0 Å². The Balaban J connectivity index is 1.72. The Bertz CT molecular complexity index is 737. The van der Waals surface area contributed by atoms with E-state index >= 15 is 0 Å². The normalized spacial score (nSPS) is 17.6. The van der Waals surface area contributed by atoms with Crippen molar-refractivity contribution in [2.75, 3.05) is 18.4 Å². The molecule has 2 aromatic rings. The second-order valence-corrected chi connectivity index (χ2v) is 5.85. The summed E-state index contributed by atoms with van der Waals surface area (Å²) in [6.45, 7) is 0.844. The number of anilines is 1. The highest BCUT2D eigenvalue weighted by Gasteiger charge is 2.27. The van der Waals surface area contributed by atoms with Crippen LogP contribution in [0.2, 0.25) is 0 Å². The number of hydrogen-bond acceptors (Lipinski definition) is 2. The molecule has 3 nitrogen and oxygen atoms in total. The number of amides is 1. The van der Waals surface area contributed by atoms with Crippen LogP contribution in [-0.4, -0.2) is 29.9 Å². The number of halogens is 3. The Morgan fingerprint density at radius 2 is 1.75 bits per heavy atom. The molecular weight excluding hydrogens is 317 g/mol. The second-order valence-electron chi connectivity index (χ2n) is 5.85. The molecule has 0 aromatic heterocycles. The zero-order valence-electron chi connectivity index (χ0n) is 12.9. The fourth-order valence-corrected chi connectivity index (χ4v) is 2.91. The lowest BCUT2D eigenvalue weighted by molar-refractivity contribution is 0.0709. The number of benzene rings is 2. The first-order valence-corrected chi connectivity index (χ1v) is 7.80. The highest BCUT2D eigenvalue weighted by atomic mass is 19.2. The lowest BCUT2D eigenvalue weighted by Crippen LogP contribution is -2.45. The Morgan fingerprint density at radius 3 is 2.50 bits per heavy atom. The standard InChI is InChI=1S/C18H17F3N2O/c19-15-10-17(21)16(20)9-14(15)18(24)23-8-4-7-13(11-23)22-12-5-2-1-3-6-12/h1-3,5-6,9-10,13,22H,4,7-8,11H2/t13-/m1/s1. The van der Waals surface area contributed by atoms with Gasteiger partial charge in [-0.25, -0.2) is 13.2 Å². The molecule has 0 radical (unpaired) electrons. The number of likely N-dealkylation sites (tertiary alicyclic amines) is 1. The maximum absolute atomic E-state index is 13.8. The third kappa shape index (κ3) is 3.53. The predicted molar refractivity (Wildman–Crippen MR) is 85.3 cm³/mol. The molecule has 1 heterocycles. The van der Waals surface area contributed by atoms with Crippen LogP contribution in [0.1, 0.15) is 23.2 Å². The van der Waals surface area contributed by atoms with Gasteiger partial charge in [-0.1, -0.05) is 18.2 Å². The number of rotatable bonds is 3. The summed E-state index contributed by atoms with van der Waals surface area (Å²) in [5.74, 6) is -4.19. The van der Waals surface area contributed by atoms with Gasteiger partial charge in [0, 0.05) is 30.9 Å². The van der Waals surface area contributed by atoms with Crippen LogP contribution in [0.4, 0.5) is 18.9 Å². The van der Waals surface area contributed by atoms with Crippen LogP contribution in [0.15, 0.2) is 42.5 Å². The van der Waals surface area contributed by atoms with Crippen molar-refractivity contribution in [1.82, 2.24) is 4.90 Å². The average molecular weight is 334 g/mol. The van der Waals surface area contributed by atoms with Crippen LogP contribution in [-0.2, 0) is 0 Å². The SMILES string of the molecule is O=C(c1cc(F)c(F)cc1F)N1CCC[C@@H](Nc2ccccc2)C1. The summed E-state index contributed by atoms with van der Waals surface area (Å²) in [7, 11) is 0. The number of carbonyl (C=O) groups excluding carboxylic acids is 1. The fourth-order valence-electron chi connectivity index (χ4n) is 2.91. The number of para-hydroxylation sites is 1. The molecule has 0 spiro atoms. The van der Waals surface area contributed by atoms with Gasteiger partial charge in [0.2, 0.25) is 0 Å². The quantitative estimate of drug-likeness (QED) is 0.866. The lowest BCUT2D eigenvalue weighted by Gasteiger charge is -2.33. The van der Waals surface area contributed by atoms with Gasteiger partial charge in [0.1, 0.15) is 5.82 Å². The van der Waals surface area contributed by atoms with Gasteiger partial charge >= 0.3 is 0 Å². The van der Waals surface area contributed by atoms with E-state index in [0.717, 1.165) is 18.5 Å². The second kappa shape index (κ2) is 6.95. The molecule has 3 rings (SSSR count). The minimum Gasteiger partial charge on any atom is -0.381 e. The van der Waals surface area contributed by atoms with E-state index in [2.05, 4.69) is 5.32 Å². The maximum Gasteiger partial charge on any atom is 0.257 e. The molecule has 0 saturated carbocycles. The van der Waals surface area contributed by atoms with Crippen molar-refractivity contribution in [1.29, 1.82) is 0 Å². The molecule has 0 unspecified atom stereocenters. The van der Waals surface area contributed by atoms with Gasteiger partial charge in [0.25, 0.3) is 5.91 Å². The summed E-state index contributed by atoms with van der Waals surface area (Å²) in [6.07, 6.45) is 1.63. The number of nitrogens with zero attached hydrogens (tertiary/aromatic N) is 1. The van der Waals surface area contributed by atoms with Crippen molar-refractivity contribution in [3.8, 4) is 0 Å². The van der Waals surface area contributed by atoms with Gasteiger partial charge in [-0.2, -0.15) is 0 Å². The number of nitrogens with one attached hydrogen (secondary N) is 1. The Labute approximate surface area is 138 Å². The fraction of sp³-hybridized carbons (Fsp3) is 0.278. The molecule has 24 heavy (non-hydrogen) atoms. The molecule has 1 amide bonds. The minimum absolute atomic E-state index is 0.0263. The van der Waals surface area contributed by atoms with Crippen LogP contribution >= 0.6 is 0 Å². The van der Waals surface area contributed by atoms with E-state index in [0.29, 0.717) is 25.2 Å². The first-order chi connectivity index (χ1) is 11.5. The lowest BCUT2D eigenvalue weighted by atomic mass is 10.0. The molecule has 6 heteroatoms. The van der Waals surface area contributed by atoms with Crippen LogP contribution in [0, 0.1) is 17.5 Å². The van der Waals surface area contributed by atoms with Crippen molar-refractivity contribution in [2.45, 2.75) is 18.9 Å². The highest BCUT2D eigenvalue weighted by molar-refractivity contribution is 5.94. The zero-order valence-corrected chi connectivity index (χ0v) is 12.9. The van der Waals surface area contributed by atoms with Gasteiger partial charge in [-0.15, -0.1) is 0 Å². The van der Waals surface area contributed by atoms with Crippen LogP contribution in [0.3, 0.4) is 0 Å². The first kappa shape index (κ1) is 16.4. The van der Waals surface area contributed by atoms with E-state index in [1.54, 1.807) is 0 Å². The van der Waals surface area contributed by atoms with Crippen LogP contribution in [0.25, 0.3) is 0 Å². The van der Waals surface area contributed by atoms with Crippen molar-refractivity contribution >= 4 is 11.6 Å². The molecule has 2 aromatic carbocycles. The molecule has 1 aliphatic rings. The molecular formula is C18H17F3N2O. The monoisotopic (exact) mass is 334 g/mol. The Hall–Kier alpha value is -2.50. The van der Waals surface area contributed by atoms with E-state index < -0.39 is 28.9 Å². The Kier molecular flexibility index (Phi) is 4.74. The molecule has 0 aliphatic carbocycles. The topological polar surface area (TPSA) is 32.3 Å². The molecule has 1 atom stereocenters. The molecule has 1 aliphatic heterocycles. The van der Waals surface area contributed by atoms with Gasteiger partial charge in [-0.3, -0.25) is 4.79 Å². The van der Waals surface area contributed by atoms with E-state index in [1.165, 1.54) is 4.90 Å². The summed E-state index contributed by atoms with van der Waals surface area (Å²) in [5, 5.41) is 3.33. The van der Waals surface area contributed by atoms with Gasteiger partial charge in [-0.05, 0) is 31.0 Å². The molecule has 0 bridgehead atoms. The van der Waals surface area contributed by atoms with E-state index in [1.807, 2.05) is 30.3 Å². The van der Waals surface area contributed by atoms with Gasteiger partial charge < -0.3 is 10.2 Å². The first-order valence-electron chi connectivity index (χ1n) is 7.80. The predicted octanol–water partition coefficient (Wildman–Crippen LogP) is 3.82. The molecule has 1 saturated heterocycles. The third-order valence-corrected chi connectivity index (χ3v) is 4.09. The summed E-state index contributed by atoms with van der Waals surface area (Å²) >= 11 is 0. The van der Waals surface area contributed by atoms with Crippen molar-refractivity contribution in [3.63, 3.8) is 0 Å². The van der Waals surface area contributed by atoms with E-state index in [4.69, 9.17) is 0 Å². The minimum atomic E-state index is -1.30. The molecule has 126 valence electrons. The summed E-state index contributed by atoms with van der Waals surface area (Å²) in [4.78, 5) is 13.9. The smallest absolute Gasteiger partial charge is 0.257 e. The average Bonchev–Trinajstić information content (AvgIpc) is 2.59. The number of hydrogen-bond donors (Lipinski definition) is 1.